The fourth-order valence-electron chi connectivity index (χ4n) is 4.02. The Labute approximate surface area is 181 Å². The van der Waals surface area contributed by atoms with E-state index in [0.717, 1.165) is 18.4 Å². The lowest BCUT2D eigenvalue weighted by Crippen LogP contribution is -2.18. The summed E-state index contributed by atoms with van der Waals surface area (Å²) in [5.41, 5.74) is 3.18. The number of hydrogen-bond donors (Lipinski definition) is 1. The number of nitrogens with zero attached hydrogens (tertiary/aromatic N) is 3. The highest BCUT2D eigenvalue weighted by atomic mass is 32.2. The number of sulfonamides is 1. The highest BCUT2D eigenvalue weighted by Gasteiger charge is 2.26. The van der Waals surface area contributed by atoms with Gasteiger partial charge in [0.25, 0.3) is 15.2 Å². The largest absolute Gasteiger partial charge is 0.282 e. The van der Waals surface area contributed by atoms with Crippen molar-refractivity contribution in [3.05, 3.63) is 29.3 Å². The van der Waals surface area contributed by atoms with Gasteiger partial charge in [0.15, 0.2) is 5.82 Å². The van der Waals surface area contributed by atoms with E-state index in [1.807, 2.05) is 0 Å². The summed E-state index contributed by atoms with van der Waals surface area (Å²) in [5.74, 6) is 1.07. The third-order valence-corrected chi connectivity index (χ3v) is 6.67. The molecule has 30 heavy (non-hydrogen) atoms. The van der Waals surface area contributed by atoms with Gasteiger partial charge in [0.1, 0.15) is 0 Å². The first-order valence-corrected chi connectivity index (χ1v) is 12.4. The molecule has 6 nitrogen and oxygen atoms in total. The minimum Gasteiger partial charge on any atom is -0.244 e. The molecule has 1 aromatic carbocycles. The topological polar surface area (TPSA) is 90.9 Å². The van der Waals surface area contributed by atoms with Crippen molar-refractivity contribution in [3.8, 4) is 11.4 Å². The first-order chi connectivity index (χ1) is 13.7. The Morgan fingerprint density at radius 2 is 1.50 bits per heavy atom. The van der Waals surface area contributed by atoms with Crippen LogP contribution in [0.2, 0.25) is 0 Å². The van der Waals surface area contributed by atoms with Gasteiger partial charge in [-0.15, -0.1) is 5.10 Å². The first kappa shape index (κ1) is 22.9. The summed E-state index contributed by atoms with van der Waals surface area (Å²) >= 11 is 0. The van der Waals surface area contributed by atoms with Crippen molar-refractivity contribution in [1.29, 1.82) is 0 Å². The molecule has 1 aliphatic carbocycles. The van der Waals surface area contributed by atoms with Gasteiger partial charge in [0, 0.05) is 12.1 Å². The standard InChI is InChI=1S/C23H36N4O2S/c1-22(2,3)18-12-17(13-19(14-18)23(4,5)6)20-25-21(30(24,28)29)26-27(20)15-16-10-8-7-9-11-16/h12-14,16H,7-11,15H2,1-6H3,(H2,24,28,29). The highest BCUT2D eigenvalue weighted by molar-refractivity contribution is 7.89. The summed E-state index contributed by atoms with van der Waals surface area (Å²) in [7, 11) is -3.97. The molecule has 0 atom stereocenters. The van der Waals surface area contributed by atoms with E-state index in [-0.39, 0.29) is 16.0 Å². The molecule has 0 radical (unpaired) electrons. The van der Waals surface area contributed by atoms with E-state index in [2.05, 4.69) is 69.8 Å². The van der Waals surface area contributed by atoms with E-state index in [1.165, 1.54) is 30.4 Å². The van der Waals surface area contributed by atoms with E-state index in [9.17, 15) is 8.42 Å². The SMILES string of the molecule is CC(C)(C)c1cc(-c2nc(S(N)(=O)=O)nn2CC2CCCCC2)cc(C(C)(C)C)c1. The molecule has 0 saturated heterocycles. The highest BCUT2D eigenvalue weighted by Crippen LogP contribution is 2.34. The Morgan fingerprint density at radius 1 is 0.967 bits per heavy atom. The zero-order valence-electron chi connectivity index (χ0n) is 19.2. The zero-order valence-corrected chi connectivity index (χ0v) is 20.0. The molecule has 0 amide bonds. The third kappa shape index (κ3) is 5.30. The quantitative estimate of drug-likeness (QED) is 0.753. The molecule has 166 valence electrons. The molecule has 0 aliphatic heterocycles. The van der Waals surface area contributed by atoms with Gasteiger partial charge in [-0.05, 0) is 52.8 Å². The van der Waals surface area contributed by atoms with Crippen molar-refractivity contribution in [2.75, 3.05) is 0 Å². The molecule has 1 aromatic heterocycles. The Bertz CT molecular complexity index is 973. The minimum absolute atomic E-state index is 0.0486. The monoisotopic (exact) mass is 432 g/mol. The van der Waals surface area contributed by atoms with Crippen molar-refractivity contribution < 1.29 is 8.42 Å². The minimum atomic E-state index is -3.97. The molecule has 0 unspecified atom stereocenters. The summed E-state index contributed by atoms with van der Waals surface area (Å²) in [5, 5.41) is 9.41. The van der Waals surface area contributed by atoms with Gasteiger partial charge in [-0.3, -0.25) is 0 Å². The number of benzene rings is 1. The van der Waals surface area contributed by atoms with Gasteiger partial charge in [-0.1, -0.05) is 66.9 Å². The zero-order chi connectivity index (χ0) is 22.3. The maximum atomic E-state index is 12.0. The van der Waals surface area contributed by atoms with Crippen LogP contribution >= 0.6 is 0 Å². The molecule has 3 rings (SSSR count). The number of nitrogens with two attached hydrogens (primary N) is 1. The van der Waals surface area contributed by atoms with Crippen LogP contribution in [-0.4, -0.2) is 23.2 Å². The molecule has 0 bridgehead atoms. The van der Waals surface area contributed by atoms with Gasteiger partial charge < -0.3 is 0 Å². The van der Waals surface area contributed by atoms with Crippen LogP contribution in [0.15, 0.2) is 23.4 Å². The Balaban J connectivity index is 2.16. The van der Waals surface area contributed by atoms with Crippen molar-refractivity contribution >= 4 is 10.0 Å². The van der Waals surface area contributed by atoms with Crippen LogP contribution in [0.5, 0.6) is 0 Å². The molecular formula is C23H36N4O2S. The van der Waals surface area contributed by atoms with E-state index < -0.39 is 10.0 Å². The Hall–Kier alpha value is -1.73. The van der Waals surface area contributed by atoms with Crippen LogP contribution in [0.4, 0.5) is 0 Å². The lowest BCUT2D eigenvalue weighted by Gasteiger charge is -2.26. The van der Waals surface area contributed by atoms with Crippen molar-refractivity contribution in [2.24, 2.45) is 11.1 Å². The van der Waals surface area contributed by atoms with Crippen LogP contribution in [0.3, 0.4) is 0 Å². The summed E-state index contributed by atoms with van der Waals surface area (Å²) in [4.78, 5) is 4.40. The van der Waals surface area contributed by atoms with Gasteiger partial charge in [-0.25, -0.2) is 18.2 Å². The van der Waals surface area contributed by atoms with Gasteiger partial charge in [-0.2, -0.15) is 4.98 Å². The predicted octanol–water partition coefficient (Wildman–Crippen LogP) is 4.77. The van der Waals surface area contributed by atoms with Gasteiger partial charge in [0.2, 0.25) is 0 Å². The van der Waals surface area contributed by atoms with Crippen LogP contribution in [-0.2, 0) is 27.4 Å². The van der Waals surface area contributed by atoms with E-state index >= 15 is 0 Å². The maximum absolute atomic E-state index is 12.0. The third-order valence-electron chi connectivity index (χ3n) is 5.99. The average Bonchev–Trinajstić information content (AvgIpc) is 3.05. The summed E-state index contributed by atoms with van der Waals surface area (Å²) in [6.07, 6.45) is 5.97. The second kappa shape index (κ2) is 8.08. The molecule has 1 saturated carbocycles. The smallest absolute Gasteiger partial charge is 0.244 e. The lowest BCUT2D eigenvalue weighted by molar-refractivity contribution is 0.308. The predicted molar refractivity (Wildman–Crippen MR) is 121 cm³/mol. The van der Waals surface area contributed by atoms with Gasteiger partial charge >= 0.3 is 0 Å². The Morgan fingerprint density at radius 3 is 1.97 bits per heavy atom. The van der Waals surface area contributed by atoms with E-state index in [0.29, 0.717) is 18.3 Å². The fraction of sp³-hybridized carbons (Fsp3) is 0.652. The molecule has 1 heterocycles. The number of hydrogen-bond acceptors (Lipinski definition) is 4. The molecule has 7 heteroatoms. The summed E-state index contributed by atoms with van der Waals surface area (Å²) in [6, 6.07) is 6.47. The van der Waals surface area contributed by atoms with Gasteiger partial charge in [0.05, 0.1) is 0 Å². The molecule has 0 spiro atoms. The second-order valence-electron chi connectivity index (χ2n) is 10.7. The molecule has 1 aliphatic rings. The average molecular weight is 433 g/mol. The van der Waals surface area contributed by atoms with Crippen molar-refractivity contribution in [2.45, 2.75) is 96.2 Å². The summed E-state index contributed by atoms with van der Waals surface area (Å²) < 4.78 is 25.8. The van der Waals surface area contributed by atoms with E-state index in [4.69, 9.17) is 5.14 Å². The molecule has 2 N–H and O–H groups in total. The Kier molecular flexibility index (Phi) is 6.18. The molecule has 1 fully saturated rings. The maximum Gasteiger partial charge on any atom is 0.282 e. The van der Waals surface area contributed by atoms with E-state index in [1.54, 1.807) is 4.68 Å². The van der Waals surface area contributed by atoms with Crippen molar-refractivity contribution in [1.82, 2.24) is 14.8 Å². The molecule has 2 aromatic rings. The second-order valence-corrected chi connectivity index (χ2v) is 12.2. The number of primary sulfonamides is 1. The fourth-order valence-corrected chi connectivity index (χ4v) is 4.45. The van der Waals surface area contributed by atoms with Crippen LogP contribution in [0.1, 0.15) is 84.8 Å². The van der Waals surface area contributed by atoms with Crippen LogP contribution in [0, 0.1) is 5.92 Å². The molecular weight excluding hydrogens is 396 g/mol. The van der Waals surface area contributed by atoms with Crippen LogP contribution in [0.25, 0.3) is 11.4 Å². The lowest BCUT2D eigenvalue weighted by atomic mass is 9.79. The summed E-state index contributed by atoms with van der Waals surface area (Å²) in [6.45, 7) is 13.8. The van der Waals surface area contributed by atoms with Crippen LogP contribution < -0.4 is 5.14 Å². The normalized spacial score (nSPS) is 16.8. The number of aromatic nitrogens is 3. The number of rotatable bonds is 4. The first-order valence-electron chi connectivity index (χ1n) is 10.9. The van der Waals surface area contributed by atoms with Crippen molar-refractivity contribution in [3.63, 3.8) is 0 Å².